The molecular weight excluding hydrogens is 336 g/mol. The number of nitrogens with zero attached hydrogens (tertiary/aromatic N) is 3. The SMILES string of the molecule is CSc1nnc(N)n1C(C)C(=O)Nc1sc(C)c(C)c1C(N)=O. The predicted molar refractivity (Wildman–Crippen MR) is 91.9 cm³/mol. The van der Waals surface area contributed by atoms with E-state index in [1.165, 1.54) is 27.7 Å². The van der Waals surface area contributed by atoms with E-state index in [-0.39, 0.29) is 11.9 Å². The fraction of sp³-hybridized carbons (Fsp3) is 0.385. The van der Waals surface area contributed by atoms with Gasteiger partial charge in [-0.2, -0.15) is 0 Å². The zero-order valence-corrected chi connectivity index (χ0v) is 14.8. The topological polar surface area (TPSA) is 129 Å². The summed E-state index contributed by atoms with van der Waals surface area (Å²) in [4.78, 5) is 25.1. The Morgan fingerprint density at radius 2 is 2.00 bits per heavy atom. The monoisotopic (exact) mass is 354 g/mol. The van der Waals surface area contributed by atoms with Gasteiger partial charge in [0.1, 0.15) is 11.0 Å². The number of nitrogen functional groups attached to an aromatic ring is 1. The highest BCUT2D eigenvalue weighted by molar-refractivity contribution is 7.98. The Bertz CT molecular complexity index is 767. The maximum atomic E-state index is 12.5. The average molecular weight is 354 g/mol. The highest BCUT2D eigenvalue weighted by Crippen LogP contribution is 2.33. The molecule has 0 spiro atoms. The van der Waals surface area contributed by atoms with Crippen LogP contribution in [0.2, 0.25) is 0 Å². The van der Waals surface area contributed by atoms with E-state index in [0.717, 1.165) is 10.4 Å². The summed E-state index contributed by atoms with van der Waals surface area (Å²) in [5, 5.41) is 11.4. The average Bonchev–Trinajstić information content (AvgIpc) is 2.98. The van der Waals surface area contributed by atoms with Crippen LogP contribution in [-0.4, -0.2) is 32.8 Å². The lowest BCUT2D eigenvalue weighted by Gasteiger charge is -2.15. The van der Waals surface area contributed by atoms with Crippen molar-refractivity contribution in [3.8, 4) is 0 Å². The fourth-order valence-corrected chi connectivity index (χ4v) is 3.78. The summed E-state index contributed by atoms with van der Waals surface area (Å²) < 4.78 is 1.54. The Morgan fingerprint density at radius 1 is 1.35 bits per heavy atom. The standard InChI is InChI=1S/C13H18N6O2S2/c1-5-7(3)23-11(8(5)9(14)20)16-10(21)6(2)19-12(15)17-18-13(19)22-4/h6H,1-4H3,(H2,14,20)(H2,15,17)(H,16,21). The number of nitrogens with one attached hydrogen (secondary N) is 1. The van der Waals surface area contributed by atoms with Crippen molar-refractivity contribution in [2.45, 2.75) is 32.0 Å². The summed E-state index contributed by atoms with van der Waals surface area (Å²) in [6, 6.07) is -0.629. The zero-order valence-electron chi connectivity index (χ0n) is 13.2. The van der Waals surface area contributed by atoms with Crippen LogP contribution in [0.4, 0.5) is 10.9 Å². The van der Waals surface area contributed by atoms with Gasteiger partial charge in [0.15, 0.2) is 5.16 Å². The van der Waals surface area contributed by atoms with Crippen molar-refractivity contribution < 1.29 is 9.59 Å². The summed E-state index contributed by atoms with van der Waals surface area (Å²) in [6.07, 6.45) is 1.82. The normalized spacial score (nSPS) is 12.2. The summed E-state index contributed by atoms with van der Waals surface area (Å²) >= 11 is 2.66. The Balaban J connectivity index is 2.31. The molecule has 0 saturated heterocycles. The summed E-state index contributed by atoms with van der Waals surface area (Å²) in [6.45, 7) is 5.36. The molecule has 8 nitrogen and oxygen atoms in total. The molecule has 10 heteroatoms. The van der Waals surface area contributed by atoms with E-state index in [0.29, 0.717) is 15.7 Å². The van der Waals surface area contributed by atoms with Gasteiger partial charge in [-0.15, -0.1) is 21.5 Å². The first kappa shape index (κ1) is 17.3. The maximum Gasteiger partial charge on any atom is 0.251 e. The van der Waals surface area contributed by atoms with Crippen LogP contribution in [0.3, 0.4) is 0 Å². The fourth-order valence-electron chi connectivity index (χ4n) is 2.14. The van der Waals surface area contributed by atoms with E-state index in [1.54, 1.807) is 13.8 Å². The van der Waals surface area contributed by atoms with Crippen molar-refractivity contribution in [3.05, 3.63) is 16.0 Å². The molecule has 2 rings (SSSR count). The van der Waals surface area contributed by atoms with Gasteiger partial charge in [0.05, 0.1) is 5.56 Å². The van der Waals surface area contributed by atoms with E-state index < -0.39 is 11.9 Å². The highest BCUT2D eigenvalue weighted by atomic mass is 32.2. The molecular formula is C13H18N6O2S2. The van der Waals surface area contributed by atoms with Gasteiger partial charge in [0.25, 0.3) is 5.91 Å². The highest BCUT2D eigenvalue weighted by Gasteiger charge is 2.25. The molecule has 5 N–H and O–H groups in total. The van der Waals surface area contributed by atoms with Crippen LogP contribution in [-0.2, 0) is 4.79 Å². The van der Waals surface area contributed by atoms with E-state index in [4.69, 9.17) is 11.5 Å². The third-order valence-corrected chi connectivity index (χ3v) is 5.27. The third-order valence-electron chi connectivity index (χ3n) is 3.51. The first-order valence-corrected chi connectivity index (χ1v) is 8.77. The smallest absolute Gasteiger partial charge is 0.251 e. The number of amides is 2. The van der Waals surface area contributed by atoms with Gasteiger partial charge in [-0.3, -0.25) is 14.2 Å². The molecule has 2 aromatic rings. The largest absolute Gasteiger partial charge is 0.368 e. The van der Waals surface area contributed by atoms with Crippen LogP contribution < -0.4 is 16.8 Å². The van der Waals surface area contributed by atoms with Gasteiger partial charge in [0.2, 0.25) is 11.9 Å². The molecule has 0 aliphatic heterocycles. The van der Waals surface area contributed by atoms with Crippen LogP contribution in [0.5, 0.6) is 0 Å². The molecule has 0 aliphatic carbocycles. The van der Waals surface area contributed by atoms with E-state index >= 15 is 0 Å². The number of nitrogens with two attached hydrogens (primary N) is 2. The van der Waals surface area contributed by atoms with E-state index in [2.05, 4.69) is 15.5 Å². The molecule has 0 radical (unpaired) electrons. The number of primary amides is 1. The molecule has 0 fully saturated rings. The molecule has 124 valence electrons. The molecule has 2 heterocycles. The number of aryl methyl sites for hydroxylation is 1. The number of thioether (sulfide) groups is 1. The molecule has 2 amide bonds. The van der Waals surface area contributed by atoms with Crippen molar-refractivity contribution in [2.75, 3.05) is 17.3 Å². The van der Waals surface area contributed by atoms with Crippen molar-refractivity contribution in [1.29, 1.82) is 0 Å². The Hall–Kier alpha value is -2.07. The first-order valence-electron chi connectivity index (χ1n) is 6.72. The minimum atomic E-state index is -0.629. The molecule has 1 atom stereocenters. The molecule has 0 aliphatic rings. The van der Waals surface area contributed by atoms with Gasteiger partial charge in [0, 0.05) is 4.88 Å². The first-order chi connectivity index (χ1) is 10.8. The van der Waals surface area contributed by atoms with Gasteiger partial charge in [-0.25, -0.2) is 0 Å². The number of hydrogen-bond donors (Lipinski definition) is 3. The lowest BCUT2D eigenvalue weighted by Crippen LogP contribution is -2.26. The van der Waals surface area contributed by atoms with Crippen LogP contribution in [0.25, 0.3) is 0 Å². The van der Waals surface area contributed by atoms with Crippen LogP contribution in [0.1, 0.15) is 33.8 Å². The van der Waals surface area contributed by atoms with Crippen molar-refractivity contribution >= 4 is 45.9 Å². The number of thiophene rings is 1. The Morgan fingerprint density at radius 3 is 2.57 bits per heavy atom. The third kappa shape index (κ3) is 3.17. The second-order valence-corrected chi connectivity index (χ2v) is 6.93. The molecule has 0 bridgehead atoms. The second-order valence-electron chi connectivity index (χ2n) is 4.93. The summed E-state index contributed by atoms with van der Waals surface area (Å²) in [7, 11) is 0. The Labute approximate surface area is 141 Å². The van der Waals surface area contributed by atoms with Gasteiger partial charge in [-0.1, -0.05) is 11.8 Å². The number of hydrogen-bond acceptors (Lipinski definition) is 7. The number of carbonyl (C=O) groups is 2. The van der Waals surface area contributed by atoms with Gasteiger partial charge in [-0.05, 0) is 32.6 Å². The van der Waals surface area contributed by atoms with Crippen LogP contribution in [0, 0.1) is 13.8 Å². The molecule has 2 aromatic heterocycles. The molecule has 23 heavy (non-hydrogen) atoms. The summed E-state index contributed by atoms with van der Waals surface area (Å²) in [5.74, 6) is -0.732. The lowest BCUT2D eigenvalue weighted by atomic mass is 10.1. The van der Waals surface area contributed by atoms with Crippen molar-refractivity contribution in [2.24, 2.45) is 5.73 Å². The van der Waals surface area contributed by atoms with E-state index in [1.807, 2.05) is 13.2 Å². The quantitative estimate of drug-likeness (QED) is 0.699. The number of rotatable bonds is 5. The van der Waals surface area contributed by atoms with Crippen molar-refractivity contribution in [3.63, 3.8) is 0 Å². The number of aromatic nitrogens is 3. The number of carbonyl (C=O) groups excluding carboxylic acids is 2. The van der Waals surface area contributed by atoms with E-state index in [9.17, 15) is 9.59 Å². The molecule has 0 saturated carbocycles. The van der Waals surface area contributed by atoms with Gasteiger partial charge < -0.3 is 16.8 Å². The lowest BCUT2D eigenvalue weighted by molar-refractivity contribution is -0.118. The molecule has 0 aromatic carbocycles. The van der Waals surface area contributed by atoms with Gasteiger partial charge >= 0.3 is 0 Å². The zero-order chi connectivity index (χ0) is 17.3. The minimum Gasteiger partial charge on any atom is -0.368 e. The maximum absolute atomic E-state index is 12.5. The Kier molecular flexibility index (Phi) is 4.95. The molecule has 1 unspecified atom stereocenters. The second kappa shape index (κ2) is 6.59. The van der Waals surface area contributed by atoms with Crippen LogP contribution in [0.15, 0.2) is 5.16 Å². The predicted octanol–water partition coefficient (Wildman–Crippen LogP) is 1.56. The summed E-state index contributed by atoms with van der Waals surface area (Å²) in [5.41, 5.74) is 12.3. The number of anilines is 2. The minimum absolute atomic E-state index is 0.158. The van der Waals surface area contributed by atoms with Crippen molar-refractivity contribution in [1.82, 2.24) is 14.8 Å². The van der Waals surface area contributed by atoms with Crippen LogP contribution >= 0.6 is 23.1 Å².